The number of nitrogens with zero attached hydrogens (tertiary/aromatic N) is 4. The molecule has 11 heteroatoms. The Hall–Kier alpha value is -3.63. The van der Waals surface area contributed by atoms with Gasteiger partial charge in [0.25, 0.3) is 0 Å². The zero-order valence-corrected chi connectivity index (χ0v) is 29.7. The van der Waals surface area contributed by atoms with Crippen molar-refractivity contribution in [1.29, 1.82) is 0 Å². The number of carbonyl (C=O) groups is 2. The minimum Gasteiger partial charge on any atom is -0.495 e. The fourth-order valence-electron chi connectivity index (χ4n) is 7.53. The lowest BCUT2D eigenvalue weighted by molar-refractivity contribution is -0.124. The van der Waals surface area contributed by atoms with Crippen LogP contribution in [-0.2, 0) is 14.3 Å². The Bertz CT molecular complexity index is 1560. The standard InChI is InChI=1S/C38H50ClN5O5/c1-25(2)44-24-31(22-41-44)30-14-17-40-36(21-30)43(23-26-4-6-27(7-5-26)29-10-13-35(47-3)34(39)20-29)37(45)28-8-11-33(12-9-28)49-38(46)42-32-15-18-48-19-16-32/h10,13-14,17,20-22,24-28,32-33H,4-9,11-12,15-16,18-19,23H2,1-3H3,(H,42,46). The largest absolute Gasteiger partial charge is 0.495 e. The second-order valence-electron chi connectivity index (χ2n) is 14.2. The number of carbonyl (C=O) groups excluding carboxylic acids is 2. The van der Waals surface area contributed by atoms with E-state index in [-0.39, 0.29) is 36.1 Å². The van der Waals surface area contributed by atoms with Gasteiger partial charge in [0, 0.05) is 55.7 Å². The number of hydrogen-bond donors (Lipinski definition) is 1. The van der Waals surface area contributed by atoms with Gasteiger partial charge < -0.3 is 19.5 Å². The monoisotopic (exact) mass is 691 g/mol. The Balaban J connectivity index is 1.13. The van der Waals surface area contributed by atoms with E-state index in [1.54, 1.807) is 13.3 Å². The van der Waals surface area contributed by atoms with E-state index < -0.39 is 0 Å². The molecule has 0 atom stereocenters. The summed E-state index contributed by atoms with van der Waals surface area (Å²) in [7, 11) is 1.63. The van der Waals surface area contributed by atoms with Crippen LogP contribution in [0.5, 0.6) is 5.75 Å². The number of rotatable bonds is 10. The first kappa shape index (κ1) is 35.2. The molecule has 6 rings (SSSR count). The van der Waals surface area contributed by atoms with Gasteiger partial charge in [-0.15, -0.1) is 0 Å². The van der Waals surface area contributed by atoms with Crippen molar-refractivity contribution < 1.29 is 23.8 Å². The predicted molar refractivity (Wildman–Crippen MR) is 190 cm³/mol. The van der Waals surface area contributed by atoms with Crippen molar-refractivity contribution in [3.05, 3.63) is 59.5 Å². The Labute approximate surface area is 294 Å². The first-order valence-electron chi connectivity index (χ1n) is 18.0. The lowest BCUT2D eigenvalue weighted by Gasteiger charge is -2.36. The lowest BCUT2D eigenvalue weighted by Crippen LogP contribution is -2.43. The van der Waals surface area contributed by atoms with Crippen molar-refractivity contribution in [2.24, 2.45) is 11.8 Å². The van der Waals surface area contributed by atoms with E-state index >= 15 is 0 Å². The van der Waals surface area contributed by atoms with Crippen LogP contribution in [0.25, 0.3) is 11.1 Å². The molecule has 264 valence electrons. The summed E-state index contributed by atoms with van der Waals surface area (Å²) < 4.78 is 18.5. The van der Waals surface area contributed by atoms with Crippen molar-refractivity contribution >= 4 is 29.4 Å². The quantitative estimate of drug-likeness (QED) is 0.230. The second kappa shape index (κ2) is 16.4. The van der Waals surface area contributed by atoms with Crippen molar-refractivity contribution in [3.8, 4) is 16.9 Å². The number of pyridine rings is 1. The maximum absolute atomic E-state index is 14.4. The average Bonchev–Trinajstić information content (AvgIpc) is 3.63. The molecule has 2 aliphatic carbocycles. The molecule has 1 aliphatic heterocycles. The Morgan fingerprint density at radius 2 is 1.76 bits per heavy atom. The van der Waals surface area contributed by atoms with E-state index in [9.17, 15) is 9.59 Å². The van der Waals surface area contributed by atoms with Gasteiger partial charge in [-0.3, -0.25) is 14.4 Å². The van der Waals surface area contributed by atoms with Crippen molar-refractivity contribution in [2.45, 2.75) is 102 Å². The number of nitrogens with one attached hydrogen (secondary N) is 1. The Morgan fingerprint density at radius 1 is 1.00 bits per heavy atom. The summed E-state index contributed by atoms with van der Waals surface area (Å²) in [6, 6.07) is 10.5. The molecule has 3 aliphatic rings. The molecule has 2 amide bonds. The molecule has 0 bridgehead atoms. The fourth-order valence-corrected chi connectivity index (χ4v) is 7.79. The number of alkyl carbamates (subject to hydrolysis) is 1. The third-order valence-electron chi connectivity index (χ3n) is 10.5. The van der Waals surface area contributed by atoms with Gasteiger partial charge in [-0.1, -0.05) is 17.7 Å². The highest BCUT2D eigenvalue weighted by Gasteiger charge is 2.34. The third kappa shape index (κ3) is 8.94. The summed E-state index contributed by atoms with van der Waals surface area (Å²) in [6.45, 7) is 6.15. The summed E-state index contributed by atoms with van der Waals surface area (Å²) >= 11 is 6.46. The van der Waals surface area contributed by atoms with Gasteiger partial charge in [0.2, 0.25) is 5.91 Å². The van der Waals surface area contributed by atoms with Gasteiger partial charge in [-0.2, -0.15) is 5.10 Å². The minimum atomic E-state index is -0.363. The van der Waals surface area contributed by atoms with Crippen LogP contribution >= 0.6 is 11.6 Å². The molecule has 0 unspecified atom stereocenters. The van der Waals surface area contributed by atoms with E-state index in [0.29, 0.717) is 73.9 Å². The number of methoxy groups -OCH3 is 1. The molecule has 1 saturated heterocycles. The summed E-state index contributed by atoms with van der Waals surface area (Å²) in [5, 5.41) is 8.16. The molecule has 10 nitrogen and oxygen atoms in total. The van der Waals surface area contributed by atoms with E-state index in [2.05, 4.69) is 30.3 Å². The smallest absolute Gasteiger partial charge is 0.407 e. The van der Waals surface area contributed by atoms with Crippen molar-refractivity contribution in [3.63, 3.8) is 0 Å². The summed E-state index contributed by atoms with van der Waals surface area (Å²) in [4.78, 5) is 33.7. The highest BCUT2D eigenvalue weighted by atomic mass is 35.5. The normalized spacial score (nSPS) is 23.2. The topological polar surface area (TPSA) is 108 Å². The lowest BCUT2D eigenvalue weighted by atomic mass is 9.78. The third-order valence-corrected chi connectivity index (χ3v) is 10.8. The van der Waals surface area contributed by atoms with Crippen LogP contribution in [0.2, 0.25) is 5.02 Å². The van der Waals surface area contributed by atoms with E-state index in [1.165, 1.54) is 5.56 Å². The maximum Gasteiger partial charge on any atom is 0.407 e. The van der Waals surface area contributed by atoms with Crippen LogP contribution in [0.3, 0.4) is 0 Å². The number of aromatic nitrogens is 3. The number of benzene rings is 1. The highest BCUT2D eigenvalue weighted by molar-refractivity contribution is 6.32. The van der Waals surface area contributed by atoms with Gasteiger partial charge in [0.05, 0.1) is 18.3 Å². The molecule has 3 heterocycles. The van der Waals surface area contributed by atoms with Crippen LogP contribution in [-0.4, -0.2) is 65.8 Å². The van der Waals surface area contributed by atoms with Gasteiger partial charge in [0.1, 0.15) is 17.7 Å². The molecule has 2 saturated carbocycles. The molecular weight excluding hydrogens is 642 g/mol. The number of amides is 2. The van der Waals surface area contributed by atoms with Crippen molar-refractivity contribution in [1.82, 2.24) is 20.1 Å². The average molecular weight is 692 g/mol. The molecule has 49 heavy (non-hydrogen) atoms. The number of anilines is 1. The van der Waals surface area contributed by atoms with Crippen molar-refractivity contribution in [2.75, 3.05) is 31.8 Å². The molecule has 3 aromatic rings. The second-order valence-corrected chi connectivity index (χ2v) is 14.6. The Morgan fingerprint density at radius 3 is 2.43 bits per heavy atom. The predicted octanol–water partition coefficient (Wildman–Crippen LogP) is 7.96. The summed E-state index contributed by atoms with van der Waals surface area (Å²) in [5.41, 5.74) is 3.23. The van der Waals surface area contributed by atoms with Crippen LogP contribution in [0.15, 0.2) is 48.9 Å². The number of hydrogen-bond acceptors (Lipinski definition) is 7. The van der Waals surface area contributed by atoms with E-state index in [1.807, 2.05) is 46.2 Å². The number of halogens is 1. The molecule has 3 fully saturated rings. The summed E-state index contributed by atoms with van der Waals surface area (Å²) in [6.07, 6.45) is 13.6. The van der Waals surface area contributed by atoms with Gasteiger partial charge in [-0.05, 0) is 125 Å². The van der Waals surface area contributed by atoms with Gasteiger partial charge in [0.15, 0.2) is 0 Å². The zero-order valence-electron chi connectivity index (χ0n) is 29.0. The maximum atomic E-state index is 14.4. The number of ether oxygens (including phenoxy) is 3. The van der Waals surface area contributed by atoms with Gasteiger partial charge >= 0.3 is 6.09 Å². The first-order valence-corrected chi connectivity index (χ1v) is 18.4. The molecule has 0 radical (unpaired) electrons. The SMILES string of the molecule is COc1ccc(C2CCC(CN(C(=O)C3CCC(OC(=O)NC4CCOCC4)CC3)c3cc(-c4cnn(C(C)C)c4)ccn3)CC2)cc1Cl. The Kier molecular flexibility index (Phi) is 11.8. The van der Waals surface area contributed by atoms with E-state index in [0.717, 1.165) is 49.7 Å². The van der Waals surface area contributed by atoms with Crippen LogP contribution in [0.1, 0.15) is 95.6 Å². The molecule has 2 aromatic heterocycles. The zero-order chi connectivity index (χ0) is 34.3. The first-order chi connectivity index (χ1) is 23.8. The van der Waals surface area contributed by atoms with Crippen LogP contribution in [0, 0.1) is 11.8 Å². The van der Waals surface area contributed by atoms with Crippen LogP contribution in [0.4, 0.5) is 10.6 Å². The molecule has 1 aromatic carbocycles. The van der Waals surface area contributed by atoms with Crippen LogP contribution < -0.4 is 15.0 Å². The molecule has 1 N–H and O–H groups in total. The molecule has 0 spiro atoms. The molecular formula is C38H50ClN5O5. The minimum absolute atomic E-state index is 0.0970. The fraction of sp³-hybridized carbons (Fsp3) is 0.579. The van der Waals surface area contributed by atoms with Gasteiger partial charge in [-0.25, -0.2) is 9.78 Å². The van der Waals surface area contributed by atoms with E-state index in [4.69, 9.17) is 30.8 Å². The summed E-state index contributed by atoms with van der Waals surface area (Å²) in [5.74, 6) is 2.12. The highest BCUT2D eigenvalue weighted by Crippen LogP contribution is 2.40.